The van der Waals surface area contributed by atoms with Crippen molar-refractivity contribution in [1.29, 1.82) is 0 Å². The maximum Gasteiger partial charge on any atom is 0.420 e. The lowest BCUT2D eigenvalue weighted by molar-refractivity contribution is -0.116. The molecule has 0 aliphatic rings. The summed E-state index contributed by atoms with van der Waals surface area (Å²) >= 11 is 0. The van der Waals surface area contributed by atoms with Crippen molar-refractivity contribution in [1.82, 2.24) is 4.57 Å². The highest BCUT2D eigenvalue weighted by atomic mass is 16.5. The number of ether oxygens (including phenoxy) is 2. The van der Waals surface area contributed by atoms with Crippen molar-refractivity contribution >= 4 is 28.7 Å². The van der Waals surface area contributed by atoms with Gasteiger partial charge in [0, 0.05) is 0 Å². The number of hydrogen-bond donors (Lipinski definition) is 1. The maximum atomic E-state index is 12.4. The highest BCUT2D eigenvalue weighted by Gasteiger charge is 2.16. The van der Waals surface area contributed by atoms with Gasteiger partial charge in [0.1, 0.15) is 12.3 Å². The van der Waals surface area contributed by atoms with Gasteiger partial charge in [-0.05, 0) is 42.8 Å². The molecule has 27 heavy (non-hydrogen) atoms. The highest BCUT2D eigenvalue weighted by molar-refractivity contribution is 5.95. The molecule has 0 saturated heterocycles. The van der Waals surface area contributed by atoms with E-state index in [1.54, 1.807) is 12.1 Å². The van der Waals surface area contributed by atoms with E-state index in [2.05, 4.69) is 10.1 Å². The number of nitrogens with zero attached hydrogens (tertiary/aromatic N) is 1. The molecule has 140 valence electrons. The Morgan fingerprint density at radius 2 is 1.93 bits per heavy atom. The van der Waals surface area contributed by atoms with Gasteiger partial charge in [-0.3, -0.25) is 9.36 Å². The van der Waals surface area contributed by atoms with Crippen LogP contribution in [0.4, 0.5) is 5.69 Å². The Hall–Kier alpha value is -3.55. The molecule has 0 unspecified atom stereocenters. The minimum atomic E-state index is -0.696. The molecule has 0 radical (unpaired) electrons. The fourth-order valence-electron chi connectivity index (χ4n) is 2.71. The first-order valence-electron chi connectivity index (χ1n) is 8.09. The van der Waals surface area contributed by atoms with Gasteiger partial charge >= 0.3 is 11.7 Å². The number of nitrogens with one attached hydrogen (secondary N) is 1. The minimum absolute atomic E-state index is 0.198. The van der Waals surface area contributed by atoms with Crippen LogP contribution in [0.3, 0.4) is 0 Å². The number of carbonyl (C=O) groups excluding carboxylic acids is 2. The van der Waals surface area contributed by atoms with E-state index < -0.39 is 17.6 Å². The molecular formula is C19H18N2O6. The van der Waals surface area contributed by atoms with Crippen LogP contribution in [-0.4, -0.2) is 30.7 Å². The number of oxazole rings is 1. The standard InChI is InChI=1S/C19H18N2O6/c1-11-4-7-15(25-2)13(8-11)20-17(22)10-21-14-6-5-12(18(23)26-3)9-16(14)27-19(21)24/h4-9H,10H2,1-3H3,(H,20,22). The summed E-state index contributed by atoms with van der Waals surface area (Å²) in [6.45, 7) is 1.64. The van der Waals surface area contributed by atoms with E-state index in [1.807, 2.05) is 13.0 Å². The van der Waals surface area contributed by atoms with Gasteiger partial charge in [0.2, 0.25) is 5.91 Å². The third-order valence-electron chi connectivity index (χ3n) is 4.02. The molecule has 3 rings (SSSR count). The number of anilines is 1. The number of carbonyl (C=O) groups is 2. The Labute approximate surface area is 154 Å². The van der Waals surface area contributed by atoms with Crippen LogP contribution in [0.5, 0.6) is 5.75 Å². The van der Waals surface area contributed by atoms with Crippen LogP contribution in [0.15, 0.2) is 45.6 Å². The number of aromatic nitrogens is 1. The number of aryl methyl sites for hydroxylation is 1. The first-order chi connectivity index (χ1) is 12.9. The second-order valence-corrected chi connectivity index (χ2v) is 5.88. The quantitative estimate of drug-likeness (QED) is 0.692. The number of esters is 1. The number of hydrogen-bond acceptors (Lipinski definition) is 6. The number of rotatable bonds is 5. The predicted octanol–water partition coefficient (Wildman–Crippen LogP) is 2.34. The zero-order valence-corrected chi connectivity index (χ0v) is 15.1. The van der Waals surface area contributed by atoms with E-state index in [-0.39, 0.29) is 17.7 Å². The second kappa shape index (κ2) is 7.36. The summed E-state index contributed by atoms with van der Waals surface area (Å²) in [6.07, 6.45) is 0. The molecule has 0 aliphatic carbocycles. The average Bonchev–Trinajstić information content (AvgIpc) is 2.95. The molecule has 0 fully saturated rings. The number of amides is 1. The van der Waals surface area contributed by atoms with Crippen molar-refractivity contribution in [2.75, 3.05) is 19.5 Å². The van der Waals surface area contributed by atoms with Gasteiger partial charge in [0.15, 0.2) is 5.58 Å². The smallest absolute Gasteiger partial charge is 0.420 e. The molecule has 1 amide bonds. The third kappa shape index (κ3) is 3.69. The molecule has 1 aromatic heterocycles. The number of methoxy groups -OCH3 is 2. The van der Waals surface area contributed by atoms with E-state index in [9.17, 15) is 14.4 Å². The number of benzene rings is 2. The van der Waals surface area contributed by atoms with Gasteiger partial charge in [0.05, 0.1) is 31.0 Å². The van der Waals surface area contributed by atoms with Gasteiger partial charge in [0.25, 0.3) is 0 Å². The Kier molecular flexibility index (Phi) is 4.98. The third-order valence-corrected chi connectivity index (χ3v) is 4.02. The lowest BCUT2D eigenvalue weighted by atomic mass is 10.2. The summed E-state index contributed by atoms with van der Waals surface area (Å²) in [5, 5.41) is 2.73. The summed E-state index contributed by atoms with van der Waals surface area (Å²) < 4.78 is 16.2. The fraction of sp³-hybridized carbons (Fsp3) is 0.211. The molecule has 8 heteroatoms. The van der Waals surface area contributed by atoms with Crippen molar-refractivity contribution in [2.24, 2.45) is 0 Å². The summed E-state index contributed by atoms with van der Waals surface area (Å²) in [5.41, 5.74) is 2.31. The maximum absolute atomic E-state index is 12.4. The Morgan fingerprint density at radius 1 is 1.15 bits per heavy atom. The van der Waals surface area contributed by atoms with E-state index in [1.165, 1.54) is 37.0 Å². The van der Waals surface area contributed by atoms with Crippen molar-refractivity contribution in [2.45, 2.75) is 13.5 Å². The van der Waals surface area contributed by atoms with Crippen molar-refractivity contribution in [3.63, 3.8) is 0 Å². The lowest BCUT2D eigenvalue weighted by Crippen LogP contribution is -2.25. The lowest BCUT2D eigenvalue weighted by Gasteiger charge is -2.11. The number of fused-ring (bicyclic) bond motifs is 1. The summed E-state index contributed by atoms with van der Waals surface area (Å²) in [4.78, 5) is 36.2. The molecule has 8 nitrogen and oxygen atoms in total. The van der Waals surface area contributed by atoms with Crippen LogP contribution in [0.25, 0.3) is 11.1 Å². The van der Waals surface area contributed by atoms with Gasteiger partial charge in [-0.2, -0.15) is 0 Å². The van der Waals surface area contributed by atoms with E-state index >= 15 is 0 Å². The Morgan fingerprint density at radius 3 is 2.63 bits per heavy atom. The van der Waals surface area contributed by atoms with Crippen LogP contribution in [0.2, 0.25) is 0 Å². The van der Waals surface area contributed by atoms with Gasteiger partial charge in [-0.15, -0.1) is 0 Å². The summed E-state index contributed by atoms with van der Waals surface area (Å²) in [7, 11) is 2.77. The summed E-state index contributed by atoms with van der Waals surface area (Å²) in [6, 6.07) is 9.82. The zero-order chi connectivity index (χ0) is 19.6. The largest absolute Gasteiger partial charge is 0.495 e. The van der Waals surface area contributed by atoms with Crippen molar-refractivity contribution in [3.05, 3.63) is 58.1 Å². The van der Waals surface area contributed by atoms with Crippen molar-refractivity contribution < 1.29 is 23.5 Å². The van der Waals surface area contributed by atoms with Crippen LogP contribution in [-0.2, 0) is 16.1 Å². The molecule has 2 aromatic carbocycles. The zero-order valence-electron chi connectivity index (χ0n) is 15.1. The predicted molar refractivity (Wildman–Crippen MR) is 98.2 cm³/mol. The van der Waals surface area contributed by atoms with Crippen molar-refractivity contribution in [3.8, 4) is 5.75 Å². The molecule has 0 atom stereocenters. The van der Waals surface area contributed by atoms with Gasteiger partial charge < -0.3 is 19.2 Å². The Balaban J connectivity index is 1.87. The molecule has 0 aliphatic heterocycles. The molecular weight excluding hydrogens is 352 g/mol. The molecule has 0 bridgehead atoms. The molecule has 1 heterocycles. The molecule has 3 aromatic rings. The fourth-order valence-corrected chi connectivity index (χ4v) is 2.71. The molecule has 1 N–H and O–H groups in total. The topological polar surface area (TPSA) is 99.8 Å². The van der Waals surface area contributed by atoms with Gasteiger partial charge in [-0.1, -0.05) is 6.07 Å². The van der Waals surface area contributed by atoms with Crippen LogP contribution in [0, 0.1) is 6.92 Å². The highest BCUT2D eigenvalue weighted by Crippen LogP contribution is 2.25. The Bertz CT molecular complexity index is 1080. The van der Waals surface area contributed by atoms with E-state index in [0.29, 0.717) is 17.0 Å². The van der Waals surface area contributed by atoms with E-state index in [4.69, 9.17) is 9.15 Å². The normalized spacial score (nSPS) is 10.6. The SMILES string of the molecule is COC(=O)c1ccc2c(c1)oc(=O)n2CC(=O)Nc1cc(C)ccc1OC. The molecule has 0 spiro atoms. The minimum Gasteiger partial charge on any atom is -0.495 e. The van der Waals surface area contributed by atoms with Crippen LogP contribution >= 0.6 is 0 Å². The summed E-state index contributed by atoms with van der Waals surface area (Å²) in [5.74, 6) is -1.14. The van der Waals surface area contributed by atoms with Gasteiger partial charge in [-0.25, -0.2) is 9.59 Å². The van der Waals surface area contributed by atoms with E-state index in [0.717, 1.165) is 5.56 Å². The van der Waals surface area contributed by atoms with Crippen LogP contribution < -0.4 is 15.8 Å². The monoisotopic (exact) mass is 370 g/mol. The first kappa shape index (κ1) is 18.2. The first-order valence-corrected chi connectivity index (χ1v) is 8.09. The van der Waals surface area contributed by atoms with Crippen LogP contribution in [0.1, 0.15) is 15.9 Å². The average molecular weight is 370 g/mol. The second-order valence-electron chi connectivity index (χ2n) is 5.88. The molecule has 0 saturated carbocycles.